The second-order valence-electron chi connectivity index (χ2n) is 6.55. The van der Waals surface area contributed by atoms with Gasteiger partial charge < -0.3 is 15.0 Å². The van der Waals surface area contributed by atoms with Gasteiger partial charge in [-0.1, -0.05) is 6.07 Å². The summed E-state index contributed by atoms with van der Waals surface area (Å²) < 4.78 is 29.3. The first-order valence-electron chi connectivity index (χ1n) is 9.22. The van der Waals surface area contributed by atoms with Gasteiger partial charge in [0.15, 0.2) is 11.6 Å². The fourth-order valence-corrected chi connectivity index (χ4v) is 3.23. The molecule has 1 aliphatic rings. The third-order valence-corrected chi connectivity index (χ3v) is 4.96. The minimum atomic E-state index is -0.940. The number of amides is 2. The monoisotopic (exact) mass is 438 g/mol. The Morgan fingerprint density at radius 1 is 1.33 bits per heavy atom. The zero-order valence-electron chi connectivity index (χ0n) is 16.7. The Balaban J connectivity index is 0.000000269. The number of hydrogen-bond acceptors (Lipinski definition) is 6. The lowest BCUT2D eigenvalue weighted by Crippen LogP contribution is -2.42. The van der Waals surface area contributed by atoms with Crippen molar-refractivity contribution in [3.05, 3.63) is 48.2 Å². The van der Waals surface area contributed by atoms with E-state index in [9.17, 15) is 18.4 Å². The number of rotatable bonds is 4. The van der Waals surface area contributed by atoms with E-state index < -0.39 is 11.6 Å². The summed E-state index contributed by atoms with van der Waals surface area (Å²) in [7, 11) is 1.29. The smallest absolute Gasteiger partial charge is 0.229 e. The minimum absolute atomic E-state index is 0.0215. The average molecular weight is 439 g/mol. The van der Waals surface area contributed by atoms with Gasteiger partial charge in [-0.2, -0.15) is 4.39 Å². The number of aromatic nitrogens is 1. The van der Waals surface area contributed by atoms with E-state index in [1.807, 2.05) is 0 Å². The molecule has 0 saturated carbocycles. The van der Waals surface area contributed by atoms with Crippen molar-refractivity contribution in [1.29, 1.82) is 0 Å². The predicted octanol–water partition coefficient (Wildman–Crippen LogP) is 3.22. The van der Waals surface area contributed by atoms with E-state index in [-0.39, 0.29) is 23.5 Å². The van der Waals surface area contributed by atoms with E-state index in [0.29, 0.717) is 17.3 Å². The molecule has 1 aromatic carbocycles. The van der Waals surface area contributed by atoms with Gasteiger partial charge in [0, 0.05) is 31.9 Å². The van der Waals surface area contributed by atoms with Crippen molar-refractivity contribution in [2.75, 3.05) is 25.5 Å². The Labute approximate surface area is 178 Å². The first-order valence-corrected chi connectivity index (χ1v) is 10.1. The fourth-order valence-electron chi connectivity index (χ4n) is 2.91. The Morgan fingerprint density at radius 2 is 2.10 bits per heavy atom. The lowest BCUT2D eigenvalue weighted by molar-refractivity contribution is -0.132. The number of methoxy groups -OCH3 is 1. The number of ether oxygens (including phenoxy) is 1. The van der Waals surface area contributed by atoms with Crippen LogP contribution in [-0.2, 0) is 9.59 Å². The molecule has 3 rings (SSSR count). The molecule has 10 heteroatoms. The summed E-state index contributed by atoms with van der Waals surface area (Å²) in [6.07, 6.45) is 3.27. The van der Waals surface area contributed by atoms with Gasteiger partial charge in [-0.15, -0.1) is 0 Å². The van der Waals surface area contributed by atoms with E-state index in [1.165, 1.54) is 26.2 Å². The average Bonchev–Trinajstić information content (AvgIpc) is 2.76. The lowest BCUT2D eigenvalue weighted by Gasteiger charge is -2.31. The van der Waals surface area contributed by atoms with E-state index in [1.54, 1.807) is 23.2 Å². The Kier molecular flexibility index (Phi) is 9.00. The van der Waals surface area contributed by atoms with Crippen LogP contribution in [-0.4, -0.2) is 41.9 Å². The standard InChI is InChI=1S/C13H18N4O2S.C7H6F2O/c1-9(18)17-6-2-3-10(8-17)13(19)16-11-4-5-15-12(7-11)20-14;1-10-6-4-2-3-5(8)7(6)9/h4-5,7,10H,2-3,6,8,14H2,1H3,(H,15,16,19);2-4H,1H3. The molecular weight excluding hydrogens is 414 g/mol. The van der Waals surface area contributed by atoms with Crippen LogP contribution in [0.4, 0.5) is 14.5 Å². The predicted molar refractivity (Wildman–Crippen MR) is 111 cm³/mol. The number of halogens is 2. The molecular formula is C20H24F2N4O3S. The molecule has 2 heterocycles. The fraction of sp³-hybridized carbons (Fsp3) is 0.350. The molecule has 0 bridgehead atoms. The number of hydrogen-bond donors (Lipinski definition) is 2. The number of nitrogens with zero attached hydrogens (tertiary/aromatic N) is 2. The maximum absolute atomic E-state index is 12.5. The second kappa shape index (κ2) is 11.5. The van der Waals surface area contributed by atoms with E-state index in [2.05, 4.69) is 15.0 Å². The molecule has 0 aliphatic carbocycles. The Hall–Kier alpha value is -2.72. The molecule has 0 radical (unpaired) electrons. The highest BCUT2D eigenvalue weighted by molar-refractivity contribution is 7.97. The molecule has 30 heavy (non-hydrogen) atoms. The van der Waals surface area contributed by atoms with Crippen molar-refractivity contribution >= 4 is 29.4 Å². The number of nitrogens with one attached hydrogen (secondary N) is 1. The van der Waals surface area contributed by atoms with Crippen LogP contribution in [0.15, 0.2) is 41.6 Å². The van der Waals surface area contributed by atoms with Crippen LogP contribution in [0.1, 0.15) is 19.8 Å². The van der Waals surface area contributed by atoms with Gasteiger partial charge in [0.25, 0.3) is 0 Å². The summed E-state index contributed by atoms with van der Waals surface area (Å²) in [5.74, 6) is -2.09. The first-order chi connectivity index (χ1) is 14.3. The summed E-state index contributed by atoms with van der Waals surface area (Å²) in [4.78, 5) is 29.4. The summed E-state index contributed by atoms with van der Waals surface area (Å²) in [5, 5.41) is 8.95. The van der Waals surface area contributed by atoms with Crippen LogP contribution in [0.2, 0.25) is 0 Å². The normalized spacial score (nSPS) is 15.6. The van der Waals surface area contributed by atoms with Crippen molar-refractivity contribution in [2.24, 2.45) is 11.1 Å². The van der Waals surface area contributed by atoms with Crippen molar-refractivity contribution < 1.29 is 23.1 Å². The van der Waals surface area contributed by atoms with E-state index >= 15 is 0 Å². The molecule has 0 spiro atoms. The molecule has 162 valence electrons. The summed E-state index contributed by atoms with van der Waals surface area (Å²) in [5.41, 5.74) is 0.679. The van der Waals surface area contributed by atoms with E-state index in [0.717, 1.165) is 37.4 Å². The highest BCUT2D eigenvalue weighted by Crippen LogP contribution is 2.20. The van der Waals surface area contributed by atoms with Crippen molar-refractivity contribution in [3.8, 4) is 5.75 Å². The van der Waals surface area contributed by atoms with Crippen LogP contribution in [0.25, 0.3) is 0 Å². The third-order valence-electron chi connectivity index (χ3n) is 4.50. The lowest BCUT2D eigenvalue weighted by atomic mass is 9.97. The number of nitrogens with two attached hydrogens (primary N) is 1. The largest absolute Gasteiger partial charge is 0.494 e. The maximum atomic E-state index is 12.5. The number of carbonyl (C=O) groups excluding carboxylic acids is 2. The highest BCUT2D eigenvalue weighted by Gasteiger charge is 2.27. The summed E-state index contributed by atoms with van der Waals surface area (Å²) in [6.45, 7) is 2.76. The van der Waals surface area contributed by atoms with Gasteiger partial charge in [0.2, 0.25) is 17.6 Å². The Morgan fingerprint density at radius 3 is 2.73 bits per heavy atom. The molecule has 1 aliphatic heterocycles. The van der Waals surface area contributed by atoms with Crippen molar-refractivity contribution in [3.63, 3.8) is 0 Å². The quantitative estimate of drug-likeness (QED) is 0.712. The first kappa shape index (κ1) is 23.6. The molecule has 1 atom stereocenters. The van der Waals surface area contributed by atoms with Crippen molar-refractivity contribution in [1.82, 2.24) is 9.88 Å². The maximum Gasteiger partial charge on any atom is 0.229 e. The molecule has 1 fully saturated rings. The van der Waals surface area contributed by atoms with Crippen LogP contribution >= 0.6 is 11.9 Å². The number of benzene rings is 1. The Bertz CT molecular complexity index is 885. The SMILES string of the molecule is CC(=O)N1CCCC(C(=O)Nc2ccnc(SN)c2)C1.COc1cccc(F)c1F. The number of anilines is 1. The summed E-state index contributed by atoms with van der Waals surface area (Å²) >= 11 is 1.03. The number of likely N-dealkylation sites (tertiary alicyclic amines) is 1. The molecule has 1 saturated heterocycles. The van der Waals surface area contributed by atoms with Gasteiger partial charge in [0.05, 0.1) is 13.0 Å². The van der Waals surface area contributed by atoms with Crippen molar-refractivity contribution in [2.45, 2.75) is 24.8 Å². The number of piperidine rings is 1. The molecule has 1 aromatic heterocycles. The topological polar surface area (TPSA) is 97.6 Å². The van der Waals surface area contributed by atoms with Crippen LogP contribution in [0.5, 0.6) is 5.75 Å². The molecule has 3 N–H and O–H groups in total. The van der Waals surface area contributed by atoms with Gasteiger partial charge in [-0.3, -0.25) is 14.7 Å². The molecule has 2 aromatic rings. The van der Waals surface area contributed by atoms with Crippen LogP contribution in [0.3, 0.4) is 0 Å². The molecule has 2 amide bonds. The third kappa shape index (κ3) is 6.67. The van der Waals surface area contributed by atoms with Gasteiger partial charge in [-0.25, -0.2) is 9.37 Å². The summed E-state index contributed by atoms with van der Waals surface area (Å²) in [6, 6.07) is 7.24. The van der Waals surface area contributed by atoms with Crippen LogP contribution in [0, 0.1) is 17.6 Å². The highest BCUT2D eigenvalue weighted by atomic mass is 32.2. The van der Waals surface area contributed by atoms with E-state index in [4.69, 9.17) is 5.14 Å². The second-order valence-corrected chi connectivity index (χ2v) is 7.20. The zero-order chi connectivity index (χ0) is 22.1. The number of pyridine rings is 1. The van der Waals surface area contributed by atoms with Gasteiger partial charge in [-0.05, 0) is 49.1 Å². The van der Waals surface area contributed by atoms with Gasteiger partial charge in [0.1, 0.15) is 5.03 Å². The van der Waals surface area contributed by atoms with Gasteiger partial charge >= 0.3 is 0 Å². The molecule has 1 unspecified atom stereocenters. The van der Waals surface area contributed by atoms with Crippen LogP contribution < -0.4 is 15.2 Å². The number of carbonyl (C=O) groups is 2. The molecule has 7 nitrogen and oxygen atoms in total. The zero-order valence-corrected chi connectivity index (χ0v) is 17.5. The minimum Gasteiger partial charge on any atom is -0.494 e.